The maximum Gasteiger partial charge on any atom is 0.227 e. The van der Waals surface area contributed by atoms with Gasteiger partial charge in [0.05, 0.1) is 5.56 Å². The molecule has 0 amide bonds. The molecule has 0 aliphatic carbocycles. The van der Waals surface area contributed by atoms with Gasteiger partial charge in [-0.25, -0.2) is 13.2 Å². The molecule has 0 aliphatic rings. The molecule has 3 nitrogen and oxygen atoms in total. The zero-order valence-electron chi connectivity index (χ0n) is 7.89. The van der Waals surface area contributed by atoms with E-state index in [1.165, 1.54) is 0 Å². The van der Waals surface area contributed by atoms with Gasteiger partial charge in [0.15, 0.2) is 17.5 Å². The molecule has 0 aliphatic heterocycles. The molecule has 17 heavy (non-hydrogen) atoms. The summed E-state index contributed by atoms with van der Waals surface area (Å²) in [6.45, 7) is 0. The minimum absolute atomic E-state index is 0.272. The lowest BCUT2D eigenvalue weighted by atomic mass is 10.2. The van der Waals surface area contributed by atoms with Crippen molar-refractivity contribution in [3.8, 4) is 11.4 Å². The van der Waals surface area contributed by atoms with Crippen LogP contribution in [0.4, 0.5) is 13.2 Å². The van der Waals surface area contributed by atoms with Gasteiger partial charge in [0.2, 0.25) is 10.6 Å². The Hall–Kier alpha value is -1.40. The van der Waals surface area contributed by atoms with Gasteiger partial charge in [0, 0.05) is 6.07 Å². The van der Waals surface area contributed by atoms with E-state index in [-0.39, 0.29) is 22.0 Å². The summed E-state index contributed by atoms with van der Waals surface area (Å²) in [4.78, 5) is 10.6. The first-order valence-electron chi connectivity index (χ1n) is 4.19. The Balaban J connectivity index is 2.64. The third kappa shape index (κ3) is 2.48. The highest BCUT2D eigenvalue weighted by atomic mass is 35.5. The summed E-state index contributed by atoms with van der Waals surface area (Å²) in [6, 6.07) is 1.00. The van der Waals surface area contributed by atoms with Crippen molar-refractivity contribution in [2.75, 3.05) is 0 Å². The number of hydrogen-bond acceptors (Lipinski definition) is 3. The Bertz CT molecular complexity index is 572. The van der Waals surface area contributed by atoms with E-state index in [0.29, 0.717) is 12.1 Å². The lowest BCUT2D eigenvalue weighted by Crippen LogP contribution is -1.98. The van der Waals surface area contributed by atoms with E-state index < -0.39 is 17.5 Å². The van der Waals surface area contributed by atoms with Crippen molar-refractivity contribution in [2.24, 2.45) is 0 Å². The maximum absolute atomic E-state index is 13.4. The Labute approximate surface area is 103 Å². The van der Waals surface area contributed by atoms with Gasteiger partial charge in [-0.1, -0.05) is 0 Å². The minimum atomic E-state index is -1.31. The van der Waals surface area contributed by atoms with Gasteiger partial charge in [-0.15, -0.1) is 0 Å². The van der Waals surface area contributed by atoms with Crippen molar-refractivity contribution < 1.29 is 13.2 Å². The van der Waals surface area contributed by atoms with Crippen molar-refractivity contribution in [2.45, 2.75) is 0 Å². The molecular weight excluding hydrogens is 278 g/mol. The first-order valence-corrected chi connectivity index (χ1v) is 4.95. The Kier molecular flexibility index (Phi) is 3.17. The molecule has 0 saturated heterocycles. The fourth-order valence-corrected chi connectivity index (χ4v) is 1.50. The fraction of sp³-hybridized carbons (Fsp3) is 0. The van der Waals surface area contributed by atoms with Crippen LogP contribution in [0.2, 0.25) is 10.6 Å². The van der Waals surface area contributed by atoms with Gasteiger partial charge in [-0.05, 0) is 29.3 Å². The average Bonchev–Trinajstić information content (AvgIpc) is 2.22. The summed E-state index contributed by atoms with van der Waals surface area (Å²) in [5, 5.41) is -0.548. The van der Waals surface area contributed by atoms with Crippen LogP contribution in [0, 0.1) is 17.5 Å². The largest absolute Gasteiger partial charge is 0.227 e. The highest BCUT2D eigenvalue weighted by Gasteiger charge is 2.15. The van der Waals surface area contributed by atoms with E-state index in [1.807, 2.05) is 0 Å². The fourth-order valence-electron chi connectivity index (χ4n) is 1.14. The Morgan fingerprint density at radius 2 is 1.29 bits per heavy atom. The molecule has 88 valence electrons. The summed E-state index contributed by atoms with van der Waals surface area (Å²) in [5.41, 5.74) is -0.352. The van der Waals surface area contributed by atoms with Crippen molar-refractivity contribution in [3.63, 3.8) is 0 Å². The summed E-state index contributed by atoms with van der Waals surface area (Å²) >= 11 is 11.0. The van der Waals surface area contributed by atoms with Gasteiger partial charge in [0.25, 0.3) is 0 Å². The van der Waals surface area contributed by atoms with Crippen LogP contribution in [0.15, 0.2) is 12.1 Å². The molecule has 1 heterocycles. The van der Waals surface area contributed by atoms with Crippen LogP contribution in [-0.4, -0.2) is 15.0 Å². The van der Waals surface area contributed by atoms with Crippen molar-refractivity contribution >= 4 is 23.2 Å². The smallest absolute Gasteiger partial charge is 0.206 e. The number of aromatic nitrogens is 3. The molecule has 0 bridgehead atoms. The van der Waals surface area contributed by atoms with Crippen molar-refractivity contribution in [1.82, 2.24) is 15.0 Å². The molecule has 0 unspecified atom stereocenters. The molecule has 0 saturated carbocycles. The van der Waals surface area contributed by atoms with E-state index in [1.54, 1.807) is 0 Å². The van der Waals surface area contributed by atoms with Gasteiger partial charge in [-0.3, -0.25) is 0 Å². The number of halogens is 5. The quantitative estimate of drug-likeness (QED) is 0.752. The van der Waals surface area contributed by atoms with Crippen LogP contribution in [0.1, 0.15) is 0 Å². The van der Waals surface area contributed by atoms with Crippen molar-refractivity contribution in [3.05, 3.63) is 40.2 Å². The first-order chi connectivity index (χ1) is 7.97. The average molecular weight is 280 g/mol. The van der Waals surface area contributed by atoms with Crippen molar-refractivity contribution in [1.29, 1.82) is 0 Å². The SMILES string of the molecule is Fc1cc(F)c(-c2nc(Cl)nc(Cl)n2)cc1F. The maximum atomic E-state index is 13.4. The molecule has 1 aromatic heterocycles. The summed E-state index contributed by atoms with van der Waals surface area (Å²) < 4.78 is 39.1. The Morgan fingerprint density at radius 1 is 0.765 bits per heavy atom. The zero-order chi connectivity index (χ0) is 12.6. The Morgan fingerprint density at radius 3 is 1.88 bits per heavy atom. The molecule has 0 fully saturated rings. The molecule has 0 atom stereocenters. The molecule has 0 N–H and O–H groups in total. The number of nitrogens with zero attached hydrogens (tertiary/aromatic N) is 3. The second kappa shape index (κ2) is 4.46. The minimum Gasteiger partial charge on any atom is -0.206 e. The molecule has 2 aromatic rings. The van der Waals surface area contributed by atoms with Gasteiger partial charge in [-0.2, -0.15) is 15.0 Å². The van der Waals surface area contributed by atoms with E-state index in [2.05, 4.69) is 15.0 Å². The van der Waals surface area contributed by atoms with E-state index >= 15 is 0 Å². The predicted octanol–water partition coefficient (Wildman–Crippen LogP) is 3.26. The summed E-state index contributed by atoms with van der Waals surface area (Å²) in [6.07, 6.45) is 0. The number of benzene rings is 1. The highest BCUT2D eigenvalue weighted by molar-refractivity contribution is 6.31. The van der Waals surface area contributed by atoms with Crippen LogP contribution >= 0.6 is 23.2 Å². The second-order valence-corrected chi connectivity index (χ2v) is 3.62. The van der Waals surface area contributed by atoms with Crippen LogP contribution in [-0.2, 0) is 0 Å². The molecular formula is C9H2Cl2F3N3. The first kappa shape index (κ1) is 12.1. The van der Waals surface area contributed by atoms with Crippen LogP contribution in [0.25, 0.3) is 11.4 Å². The second-order valence-electron chi connectivity index (χ2n) is 2.94. The summed E-state index contributed by atoms with van der Waals surface area (Å²) in [7, 11) is 0. The van der Waals surface area contributed by atoms with Gasteiger partial charge >= 0.3 is 0 Å². The van der Waals surface area contributed by atoms with Crippen LogP contribution in [0.3, 0.4) is 0 Å². The predicted molar refractivity (Wildman–Crippen MR) is 55.2 cm³/mol. The third-order valence-corrected chi connectivity index (χ3v) is 2.17. The molecule has 1 aromatic carbocycles. The molecule has 0 spiro atoms. The lowest BCUT2D eigenvalue weighted by molar-refractivity contribution is 0.496. The molecule has 2 rings (SSSR count). The lowest BCUT2D eigenvalue weighted by Gasteiger charge is -2.03. The van der Waals surface area contributed by atoms with Gasteiger partial charge < -0.3 is 0 Å². The zero-order valence-corrected chi connectivity index (χ0v) is 9.40. The van der Waals surface area contributed by atoms with E-state index in [0.717, 1.165) is 0 Å². The molecule has 8 heteroatoms. The monoisotopic (exact) mass is 279 g/mol. The molecule has 0 radical (unpaired) electrons. The van der Waals surface area contributed by atoms with Crippen LogP contribution in [0.5, 0.6) is 0 Å². The highest BCUT2D eigenvalue weighted by Crippen LogP contribution is 2.23. The number of rotatable bonds is 1. The van der Waals surface area contributed by atoms with E-state index in [9.17, 15) is 13.2 Å². The summed E-state index contributed by atoms with van der Waals surface area (Å²) in [5.74, 6) is -3.83. The van der Waals surface area contributed by atoms with E-state index in [4.69, 9.17) is 23.2 Å². The topological polar surface area (TPSA) is 38.7 Å². The normalized spacial score (nSPS) is 10.6. The third-order valence-electron chi connectivity index (χ3n) is 1.83. The standard InChI is InChI=1S/C9H2Cl2F3N3/c10-8-15-7(16-9(11)17-8)3-1-5(13)6(14)2-4(3)12/h1-2H. The van der Waals surface area contributed by atoms with Crippen LogP contribution < -0.4 is 0 Å². The van der Waals surface area contributed by atoms with Gasteiger partial charge in [0.1, 0.15) is 5.82 Å². The number of hydrogen-bond donors (Lipinski definition) is 0.